The topological polar surface area (TPSA) is 49.8 Å². The molecule has 1 saturated heterocycles. The SMILES string of the molecule is CCNC(=NCCc1csc(C)n1)N1CCOC(c2ccc(C)cc2C)C1.I. The second-order valence-electron chi connectivity index (χ2n) is 7.01. The number of ether oxygens (including phenoxy) is 1. The molecule has 1 atom stereocenters. The van der Waals surface area contributed by atoms with Crippen LogP contribution in [0.5, 0.6) is 0 Å². The minimum atomic E-state index is 0. The smallest absolute Gasteiger partial charge is 0.194 e. The number of hydrogen-bond acceptors (Lipinski definition) is 4. The maximum absolute atomic E-state index is 6.09. The second kappa shape index (κ2) is 11.1. The molecule has 154 valence electrons. The first-order valence-electron chi connectivity index (χ1n) is 9.70. The highest BCUT2D eigenvalue weighted by molar-refractivity contribution is 14.0. The molecule has 0 bridgehead atoms. The molecule has 1 aliphatic rings. The lowest BCUT2D eigenvalue weighted by molar-refractivity contribution is -0.00833. The third kappa shape index (κ3) is 6.15. The fraction of sp³-hybridized carbons (Fsp3) is 0.524. The molecule has 1 aromatic heterocycles. The van der Waals surface area contributed by atoms with Crippen LogP contribution in [-0.4, -0.2) is 48.6 Å². The van der Waals surface area contributed by atoms with Crippen molar-refractivity contribution < 1.29 is 4.74 Å². The zero-order chi connectivity index (χ0) is 19.2. The standard InChI is InChI=1S/C21H30N4OS.HI/c1-5-22-21(23-9-8-18-14-27-17(4)24-18)25-10-11-26-20(13-25)19-7-6-15(2)12-16(19)3;/h6-7,12,14,20H,5,8-11,13H2,1-4H3,(H,22,23);1H. The zero-order valence-electron chi connectivity index (χ0n) is 17.2. The van der Waals surface area contributed by atoms with Crippen LogP contribution >= 0.6 is 35.3 Å². The van der Waals surface area contributed by atoms with E-state index in [1.54, 1.807) is 11.3 Å². The largest absolute Gasteiger partial charge is 0.370 e. The minimum absolute atomic E-state index is 0. The van der Waals surface area contributed by atoms with E-state index in [2.05, 4.69) is 59.6 Å². The summed E-state index contributed by atoms with van der Waals surface area (Å²) in [5, 5.41) is 6.69. The second-order valence-corrected chi connectivity index (χ2v) is 8.07. The fourth-order valence-electron chi connectivity index (χ4n) is 3.44. The molecule has 1 fully saturated rings. The summed E-state index contributed by atoms with van der Waals surface area (Å²) in [7, 11) is 0. The predicted molar refractivity (Wildman–Crippen MR) is 128 cm³/mol. The Labute approximate surface area is 189 Å². The van der Waals surface area contributed by atoms with Crippen molar-refractivity contribution in [2.24, 2.45) is 4.99 Å². The summed E-state index contributed by atoms with van der Waals surface area (Å²) in [4.78, 5) is 11.7. The molecule has 1 aliphatic heterocycles. The number of thiazole rings is 1. The van der Waals surface area contributed by atoms with E-state index < -0.39 is 0 Å². The highest BCUT2D eigenvalue weighted by Gasteiger charge is 2.25. The van der Waals surface area contributed by atoms with Gasteiger partial charge in [-0.3, -0.25) is 4.99 Å². The summed E-state index contributed by atoms with van der Waals surface area (Å²) in [6.07, 6.45) is 0.966. The lowest BCUT2D eigenvalue weighted by Gasteiger charge is -2.36. The summed E-state index contributed by atoms with van der Waals surface area (Å²) in [6.45, 7) is 12.5. The molecule has 0 amide bonds. The normalized spacial score (nSPS) is 17.4. The molecule has 0 spiro atoms. The van der Waals surface area contributed by atoms with Crippen LogP contribution in [0.4, 0.5) is 0 Å². The highest BCUT2D eigenvalue weighted by Crippen LogP contribution is 2.26. The summed E-state index contributed by atoms with van der Waals surface area (Å²) in [6, 6.07) is 6.60. The molecular formula is C21H31IN4OS. The van der Waals surface area contributed by atoms with Crippen LogP contribution in [0.3, 0.4) is 0 Å². The van der Waals surface area contributed by atoms with Gasteiger partial charge in [-0.1, -0.05) is 23.8 Å². The van der Waals surface area contributed by atoms with E-state index in [0.717, 1.165) is 49.3 Å². The number of benzene rings is 1. The third-order valence-corrected chi connectivity index (χ3v) is 5.59. The van der Waals surface area contributed by atoms with E-state index in [9.17, 15) is 0 Å². The van der Waals surface area contributed by atoms with Crippen LogP contribution in [0, 0.1) is 20.8 Å². The summed E-state index contributed by atoms with van der Waals surface area (Å²) < 4.78 is 6.09. The van der Waals surface area contributed by atoms with Crippen molar-refractivity contribution in [1.82, 2.24) is 15.2 Å². The van der Waals surface area contributed by atoms with Crippen LogP contribution in [0.2, 0.25) is 0 Å². The van der Waals surface area contributed by atoms with Gasteiger partial charge in [0, 0.05) is 31.4 Å². The van der Waals surface area contributed by atoms with Gasteiger partial charge in [0.15, 0.2) is 5.96 Å². The Kier molecular flexibility index (Phi) is 9.17. The number of aliphatic imine (C=N–C) groups is 1. The van der Waals surface area contributed by atoms with Crippen molar-refractivity contribution in [1.29, 1.82) is 0 Å². The van der Waals surface area contributed by atoms with Crippen molar-refractivity contribution in [3.05, 3.63) is 51.0 Å². The number of nitrogens with one attached hydrogen (secondary N) is 1. The van der Waals surface area contributed by atoms with Crippen molar-refractivity contribution in [3.63, 3.8) is 0 Å². The monoisotopic (exact) mass is 514 g/mol. The average molecular weight is 514 g/mol. The Morgan fingerprint density at radius 3 is 2.86 bits per heavy atom. The van der Waals surface area contributed by atoms with Crippen molar-refractivity contribution >= 4 is 41.3 Å². The van der Waals surface area contributed by atoms with Gasteiger partial charge in [-0.05, 0) is 38.8 Å². The van der Waals surface area contributed by atoms with E-state index in [0.29, 0.717) is 6.61 Å². The molecule has 2 aromatic rings. The van der Waals surface area contributed by atoms with E-state index in [1.807, 2.05) is 6.92 Å². The number of rotatable bonds is 5. The molecule has 3 rings (SSSR count). The molecule has 2 heterocycles. The van der Waals surface area contributed by atoms with E-state index in [-0.39, 0.29) is 30.1 Å². The molecule has 1 unspecified atom stereocenters. The van der Waals surface area contributed by atoms with Gasteiger partial charge in [0.25, 0.3) is 0 Å². The summed E-state index contributed by atoms with van der Waals surface area (Å²) in [5.74, 6) is 0.975. The quantitative estimate of drug-likeness (QED) is 0.368. The van der Waals surface area contributed by atoms with Crippen LogP contribution in [0.15, 0.2) is 28.6 Å². The van der Waals surface area contributed by atoms with Gasteiger partial charge in [0.1, 0.15) is 6.10 Å². The number of morpholine rings is 1. The molecule has 5 nitrogen and oxygen atoms in total. The molecule has 0 saturated carbocycles. The maximum atomic E-state index is 6.09. The summed E-state index contributed by atoms with van der Waals surface area (Å²) in [5.41, 5.74) is 4.99. The van der Waals surface area contributed by atoms with E-state index in [4.69, 9.17) is 9.73 Å². The number of halogens is 1. The van der Waals surface area contributed by atoms with Crippen LogP contribution < -0.4 is 5.32 Å². The lowest BCUT2D eigenvalue weighted by atomic mass is 10.00. The van der Waals surface area contributed by atoms with Gasteiger partial charge in [0.05, 0.1) is 23.9 Å². The number of nitrogens with zero attached hydrogens (tertiary/aromatic N) is 3. The average Bonchev–Trinajstić information content (AvgIpc) is 3.06. The van der Waals surface area contributed by atoms with Gasteiger partial charge in [-0.15, -0.1) is 35.3 Å². The van der Waals surface area contributed by atoms with Crippen molar-refractivity contribution in [3.8, 4) is 0 Å². The Balaban J connectivity index is 0.00000280. The number of hydrogen-bond donors (Lipinski definition) is 1. The maximum Gasteiger partial charge on any atom is 0.194 e. The number of aromatic nitrogens is 1. The molecule has 1 N–H and O–H groups in total. The number of guanidine groups is 1. The molecule has 0 radical (unpaired) electrons. The summed E-state index contributed by atoms with van der Waals surface area (Å²) >= 11 is 1.70. The zero-order valence-corrected chi connectivity index (χ0v) is 20.3. The van der Waals surface area contributed by atoms with Crippen molar-refractivity contribution in [2.75, 3.05) is 32.8 Å². The first kappa shape index (κ1) is 23.1. The van der Waals surface area contributed by atoms with Gasteiger partial charge in [0.2, 0.25) is 0 Å². The van der Waals surface area contributed by atoms with Gasteiger partial charge < -0.3 is 15.0 Å². The van der Waals surface area contributed by atoms with E-state index >= 15 is 0 Å². The molecule has 28 heavy (non-hydrogen) atoms. The highest BCUT2D eigenvalue weighted by atomic mass is 127. The van der Waals surface area contributed by atoms with Gasteiger partial charge in [-0.25, -0.2) is 4.98 Å². The minimum Gasteiger partial charge on any atom is -0.370 e. The fourth-order valence-corrected chi connectivity index (χ4v) is 4.09. The van der Waals surface area contributed by atoms with Crippen LogP contribution in [0.25, 0.3) is 0 Å². The Morgan fingerprint density at radius 2 is 2.18 bits per heavy atom. The van der Waals surface area contributed by atoms with Crippen LogP contribution in [-0.2, 0) is 11.2 Å². The van der Waals surface area contributed by atoms with Crippen LogP contribution in [0.1, 0.15) is 40.4 Å². The lowest BCUT2D eigenvalue weighted by Crippen LogP contribution is -2.48. The molecule has 0 aliphatic carbocycles. The van der Waals surface area contributed by atoms with Gasteiger partial charge in [-0.2, -0.15) is 0 Å². The Hall–Kier alpha value is -1.19. The first-order chi connectivity index (χ1) is 13.1. The Bertz CT molecular complexity index is 792. The molecule has 7 heteroatoms. The van der Waals surface area contributed by atoms with E-state index in [1.165, 1.54) is 16.7 Å². The molecule has 1 aromatic carbocycles. The van der Waals surface area contributed by atoms with Crippen molar-refractivity contribution in [2.45, 2.75) is 40.2 Å². The Morgan fingerprint density at radius 1 is 1.36 bits per heavy atom. The molecular weight excluding hydrogens is 483 g/mol. The first-order valence-corrected chi connectivity index (χ1v) is 10.6. The van der Waals surface area contributed by atoms with Gasteiger partial charge >= 0.3 is 0 Å². The number of aryl methyl sites for hydroxylation is 3. The third-order valence-electron chi connectivity index (χ3n) is 4.77. The predicted octanol–water partition coefficient (Wildman–Crippen LogP) is 4.27.